The van der Waals surface area contributed by atoms with Gasteiger partial charge in [0.25, 0.3) is 5.91 Å². The maximum Gasteiger partial charge on any atom is 0.251 e. The van der Waals surface area contributed by atoms with Gasteiger partial charge in [-0.2, -0.15) is 0 Å². The monoisotopic (exact) mass is 445 g/mol. The molecule has 7 heteroatoms. The molecule has 0 aromatic heterocycles. The number of nitrogens with zero attached hydrogens (tertiary/aromatic N) is 2. The largest absolute Gasteiger partial charge is 0.336 e. The number of anilines is 1. The van der Waals surface area contributed by atoms with Gasteiger partial charge < -0.3 is 10.2 Å². The summed E-state index contributed by atoms with van der Waals surface area (Å²) in [5, 5.41) is 3.31. The molecule has 1 heterocycles. The number of hydrogen-bond acceptors (Lipinski definition) is 3. The lowest BCUT2D eigenvalue weighted by atomic mass is 10.1. The number of halogens is 1. The van der Waals surface area contributed by atoms with E-state index in [1.165, 1.54) is 10.5 Å². The summed E-state index contributed by atoms with van der Waals surface area (Å²) in [6, 6.07) is 16.8. The normalized spacial score (nSPS) is 16.7. The van der Waals surface area contributed by atoms with Crippen LogP contribution in [0.1, 0.15) is 12.0 Å². The number of nitrogens with one attached hydrogen (secondary N) is 1. The van der Waals surface area contributed by atoms with Gasteiger partial charge in [0.2, 0.25) is 5.91 Å². The average Bonchev–Trinajstić information content (AvgIpc) is 2.86. The topological polar surface area (TPSA) is 52.7 Å². The summed E-state index contributed by atoms with van der Waals surface area (Å²) >= 11 is 8.79. The zero-order valence-corrected chi connectivity index (χ0v) is 17.3. The molecule has 0 spiro atoms. The third kappa shape index (κ3) is 4.73. The molecule has 27 heavy (non-hydrogen) atoms. The lowest BCUT2D eigenvalue weighted by Crippen LogP contribution is -2.39. The lowest BCUT2D eigenvalue weighted by molar-refractivity contribution is -0.130. The highest BCUT2D eigenvalue weighted by atomic mass is 79.9. The summed E-state index contributed by atoms with van der Waals surface area (Å²) in [6.07, 6.45) is 0.821. The Bertz CT molecular complexity index is 842. The van der Waals surface area contributed by atoms with Crippen molar-refractivity contribution in [2.24, 2.45) is 0 Å². The predicted octanol–water partition coefficient (Wildman–Crippen LogP) is 3.45. The van der Waals surface area contributed by atoms with E-state index in [1.807, 2.05) is 59.5 Å². The summed E-state index contributed by atoms with van der Waals surface area (Å²) in [7, 11) is 1.66. The van der Waals surface area contributed by atoms with E-state index in [0.29, 0.717) is 17.3 Å². The fourth-order valence-corrected chi connectivity index (χ4v) is 3.61. The zero-order chi connectivity index (χ0) is 19.4. The quantitative estimate of drug-likeness (QED) is 0.691. The number of rotatable bonds is 6. The van der Waals surface area contributed by atoms with Crippen molar-refractivity contribution in [3.05, 3.63) is 64.6 Å². The standard InChI is InChI=1S/C20H20BrN3O2S/c1-23-19(26)17(13-18(25)22-16-9-7-15(21)8-10-16)24(20(23)27)12-11-14-5-3-2-4-6-14/h2-10,17H,11-13H2,1H3,(H,22,25)/t17-/m1/s1. The summed E-state index contributed by atoms with van der Waals surface area (Å²) in [5.41, 5.74) is 1.86. The number of hydrogen-bond donors (Lipinski definition) is 1. The highest BCUT2D eigenvalue weighted by Gasteiger charge is 2.41. The van der Waals surface area contributed by atoms with Gasteiger partial charge >= 0.3 is 0 Å². The maximum absolute atomic E-state index is 12.6. The first-order valence-corrected chi connectivity index (χ1v) is 9.83. The van der Waals surface area contributed by atoms with Crippen LogP contribution in [0.2, 0.25) is 0 Å². The Kier molecular flexibility index (Phi) is 6.23. The molecular formula is C20H20BrN3O2S. The molecule has 1 aliphatic rings. The first-order chi connectivity index (χ1) is 13.0. The summed E-state index contributed by atoms with van der Waals surface area (Å²) in [5.74, 6) is -0.350. The maximum atomic E-state index is 12.6. The molecule has 0 bridgehead atoms. The molecule has 2 aromatic carbocycles. The molecule has 140 valence electrons. The molecule has 0 saturated carbocycles. The molecule has 1 fully saturated rings. The number of carbonyl (C=O) groups excluding carboxylic acids is 2. The Morgan fingerprint density at radius 1 is 1.15 bits per heavy atom. The SMILES string of the molecule is CN1C(=O)[C@@H](CC(=O)Nc2ccc(Br)cc2)N(CCc2ccccc2)C1=S. The van der Waals surface area contributed by atoms with Crippen LogP contribution in [0.3, 0.4) is 0 Å². The molecule has 2 aromatic rings. The van der Waals surface area contributed by atoms with Crippen molar-refractivity contribution in [3.8, 4) is 0 Å². The Hall–Kier alpha value is -2.25. The zero-order valence-electron chi connectivity index (χ0n) is 14.9. The first kappa shape index (κ1) is 19.5. The molecule has 1 aliphatic heterocycles. The van der Waals surface area contributed by atoms with E-state index in [-0.39, 0.29) is 18.2 Å². The number of carbonyl (C=O) groups is 2. The highest BCUT2D eigenvalue weighted by molar-refractivity contribution is 9.10. The lowest BCUT2D eigenvalue weighted by Gasteiger charge is -2.23. The van der Waals surface area contributed by atoms with Crippen LogP contribution >= 0.6 is 28.1 Å². The number of likely N-dealkylation sites (N-methyl/N-ethyl adjacent to an activating group) is 1. The fourth-order valence-electron chi connectivity index (χ4n) is 3.04. The van der Waals surface area contributed by atoms with Gasteiger partial charge in [0.05, 0.1) is 6.42 Å². The number of benzene rings is 2. The van der Waals surface area contributed by atoms with E-state index in [1.54, 1.807) is 7.05 Å². The highest BCUT2D eigenvalue weighted by Crippen LogP contribution is 2.21. The average molecular weight is 446 g/mol. The predicted molar refractivity (Wildman–Crippen MR) is 113 cm³/mol. The van der Waals surface area contributed by atoms with Gasteiger partial charge in [-0.3, -0.25) is 14.5 Å². The smallest absolute Gasteiger partial charge is 0.251 e. The van der Waals surface area contributed by atoms with E-state index < -0.39 is 6.04 Å². The molecular weight excluding hydrogens is 426 g/mol. The van der Waals surface area contributed by atoms with Crippen LogP contribution < -0.4 is 5.32 Å². The molecule has 0 radical (unpaired) electrons. The van der Waals surface area contributed by atoms with Crippen LogP contribution in [-0.2, 0) is 16.0 Å². The molecule has 5 nitrogen and oxygen atoms in total. The van der Waals surface area contributed by atoms with Crippen LogP contribution in [0, 0.1) is 0 Å². The van der Waals surface area contributed by atoms with E-state index in [9.17, 15) is 9.59 Å². The Labute approximate surface area is 172 Å². The molecule has 3 rings (SSSR count). The van der Waals surface area contributed by atoms with Crippen molar-refractivity contribution < 1.29 is 9.59 Å². The molecule has 1 atom stereocenters. The van der Waals surface area contributed by atoms with Crippen molar-refractivity contribution in [1.82, 2.24) is 9.80 Å². The van der Waals surface area contributed by atoms with Crippen molar-refractivity contribution in [2.75, 3.05) is 18.9 Å². The van der Waals surface area contributed by atoms with Gasteiger partial charge in [0.15, 0.2) is 5.11 Å². The fraction of sp³-hybridized carbons (Fsp3) is 0.250. The van der Waals surface area contributed by atoms with Crippen LogP contribution in [0.15, 0.2) is 59.1 Å². The number of amides is 2. The van der Waals surface area contributed by atoms with Crippen molar-refractivity contribution in [2.45, 2.75) is 18.9 Å². The van der Waals surface area contributed by atoms with E-state index in [4.69, 9.17) is 12.2 Å². The third-order valence-corrected chi connectivity index (χ3v) is 5.55. The Morgan fingerprint density at radius 3 is 2.48 bits per heavy atom. The minimum atomic E-state index is -0.568. The molecule has 1 saturated heterocycles. The van der Waals surface area contributed by atoms with Gasteiger partial charge in [-0.15, -0.1) is 0 Å². The van der Waals surface area contributed by atoms with Gasteiger partial charge in [-0.1, -0.05) is 46.3 Å². The summed E-state index contributed by atoms with van der Waals surface area (Å²) in [4.78, 5) is 28.4. The second kappa shape index (κ2) is 8.63. The second-order valence-electron chi connectivity index (χ2n) is 6.38. The van der Waals surface area contributed by atoms with E-state index >= 15 is 0 Å². The van der Waals surface area contributed by atoms with E-state index in [0.717, 1.165) is 10.9 Å². The Morgan fingerprint density at radius 2 is 1.81 bits per heavy atom. The summed E-state index contributed by atoms with van der Waals surface area (Å²) in [6.45, 7) is 0.592. The Balaban J connectivity index is 1.66. The molecule has 0 unspecified atom stereocenters. The van der Waals surface area contributed by atoms with Crippen LogP contribution in [0.4, 0.5) is 5.69 Å². The second-order valence-corrected chi connectivity index (χ2v) is 7.66. The minimum Gasteiger partial charge on any atom is -0.336 e. The number of thiocarbonyl (C=S) groups is 1. The molecule has 1 N–H and O–H groups in total. The van der Waals surface area contributed by atoms with Crippen LogP contribution in [-0.4, -0.2) is 46.4 Å². The molecule has 2 amide bonds. The minimum absolute atomic E-state index is 0.0637. The molecule has 0 aliphatic carbocycles. The summed E-state index contributed by atoms with van der Waals surface area (Å²) < 4.78 is 0.936. The van der Waals surface area contributed by atoms with Crippen molar-refractivity contribution in [3.63, 3.8) is 0 Å². The van der Waals surface area contributed by atoms with Gasteiger partial charge in [-0.05, 0) is 48.5 Å². The van der Waals surface area contributed by atoms with Gasteiger partial charge in [0, 0.05) is 23.8 Å². The van der Waals surface area contributed by atoms with Gasteiger partial charge in [-0.25, -0.2) is 0 Å². The van der Waals surface area contributed by atoms with E-state index in [2.05, 4.69) is 21.2 Å². The third-order valence-electron chi connectivity index (χ3n) is 4.52. The van der Waals surface area contributed by atoms with Crippen LogP contribution in [0.5, 0.6) is 0 Å². The van der Waals surface area contributed by atoms with Gasteiger partial charge in [0.1, 0.15) is 6.04 Å². The van der Waals surface area contributed by atoms with Crippen LogP contribution in [0.25, 0.3) is 0 Å². The van der Waals surface area contributed by atoms with Crippen molar-refractivity contribution in [1.29, 1.82) is 0 Å². The van der Waals surface area contributed by atoms with Crippen molar-refractivity contribution >= 4 is 50.8 Å². The first-order valence-electron chi connectivity index (χ1n) is 8.63.